The second-order valence-electron chi connectivity index (χ2n) is 5.17. The molecular formula is C15H22N2O3. The molecule has 1 aromatic rings. The first-order chi connectivity index (χ1) is 9.63. The van der Waals surface area contributed by atoms with Gasteiger partial charge in [-0.2, -0.15) is 0 Å². The Kier molecular flexibility index (Phi) is 4.71. The number of piperidine rings is 1. The lowest BCUT2D eigenvalue weighted by Gasteiger charge is -2.30. The standard InChI is InChI=1S/C15H22N2O3/c1-11-6-8-17(9-7-11)15(18)16-13-5-4-12(19-2)10-14(13)20-3/h4-5,10-11H,6-9H2,1-3H3,(H,16,18). The van der Waals surface area contributed by atoms with E-state index in [9.17, 15) is 4.79 Å². The van der Waals surface area contributed by atoms with Crippen molar-refractivity contribution in [3.05, 3.63) is 18.2 Å². The van der Waals surface area contributed by atoms with Gasteiger partial charge in [-0.3, -0.25) is 0 Å². The summed E-state index contributed by atoms with van der Waals surface area (Å²) in [5, 5.41) is 2.90. The number of methoxy groups -OCH3 is 2. The van der Waals surface area contributed by atoms with E-state index in [1.807, 2.05) is 4.90 Å². The maximum absolute atomic E-state index is 12.2. The molecule has 0 aliphatic carbocycles. The maximum Gasteiger partial charge on any atom is 0.321 e. The van der Waals surface area contributed by atoms with Gasteiger partial charge in [0.15, 0.2) is 0 Å². The molecule has 0 atom stereocenters. The first-order valence-corrected chi connectivity index (χ1v) is 6.92. The lowest BCUT2D eigenvalue weighted by Crippen LogP contribution is -2.40. The molecule has 1 N–H and O–H groups in total. The van der Waals surface area contributed by atoms with Crippen LogP contribution in [-0.2, 0) is 0 Å². The number of carbonyl (C=O) groups is 1. The van der Waals surface area contributed by atoms with Crippen LogP contribution >= 0.6 is 0 Å². The van der Waals surface area contributed by atoms with Crippen LogP contribution in [0.4, 0.5) is 10.5 Å². The minimum Gasteiger partial charge on any atom is -0.497 e. The van der Waals surface area contributed by atoms with E-state index in [-0.39, 0.29) is 6.03 Å². The lowest BCUT2D eigenvalue weighted by atomic mass is 10.00. The van der Waals surface area contributed by atoms with Crippen molar-refractivity contribution in [2.45, 2.75) is 19.8 Å². The Morgan fingerprint density at radius 2 is 1.95 bits per heavy atom. The Hall–Kier alpha value is -1.91. The van der Waals surface area contributed by atoms with Gasteiger partial charge in [-0.15, -0.1) is 0 Å². The molecule has 20 heavy (non-hydrogen) atoms. The summed E-state index contributed by atoms with van der Waals surface area (Å²) in [5.41, 5.74) is 0.664. The minimum atomic E-state index is -0.0691. The van der Waals surface area contributed by atoms with E-state index < -0.39 is 0 Å². The number of hydrogen-bond acceptors (Lipinski definition) is 3. The van der Waals surface area contributed by atoms with Crippen molar-refractivity contribution in [1.29, 1.82) is 0 Å². The van der Waals surface area contributed by atoms with Crippen molar-refractivity contribution < 1.29 is 14.3 Å². The van der Waals surface area contributed by atoms with Crippen LogP contribution in [0.1, 0.15) is 19.8 Å². The van der Waals surface area contributed by atoms with Crippen molar-refractivity contribution in [1.82, 2.24) is 4.90 Å². The smallest absolute Gasteiger partial charge is 0.321 e. The summed E-state index contributed by atoms with van der Waals surface area (Å²) in [5.74, 6) is 2.00. The number of anilines is 1. The van der Waals surface area contributed by atoms with Crippen LogP contribution in [0.15, 0.2) is 18.2 Å². The number of amides is 2. The monoisotopic (exact) mass is 278 g/mol. The summed E-state index contributed by atoms with van der Waals surface area (Å²) < 4.78 is 10.4. The van der Waals surface area contributed by atoms with Crippen LogP contribution in [0.25, 0.3) is 0 Å². The predicted molar refractivity (Wildman–Crippen MR) is 78.5 cm³/mol. The summed E-state index contributed by atoms with van der Waals surface area (Å²) in [7, 11) is 3.18. The number of nitrogens with zero attached hydrogens (tertiary/aromatic N) is 1. The molecule has 1 aliphatic heterocycles. The van der Waals surface area contributed by atoms with Crippen molar-refractivity contribution in [3.8, 4) is 11.5 Å². The molecule has 1 fully saturated rings. The van der Waals surface area contributed by atoms with Gasteiger partial charge in [0.1, 0.15) is 11.5 Å². The normalized spacial score (nSPS) is 15.8. The number of ether oxygens (including phenoxy) is 2. The van der Waals surface area contributed by atoms with Crippen LogP contribution in [0.5, 0.6) is 11.5 Å². The zero-order chi connectivity index (χ0) is 14.5. The SMILES string of the molecule is COc1ccc(NC(=O)N2CCC(C)CC2)c(OC)c1. The average molecular weight is 278 g/mol. The van der Waals surface area contributed by atoms with Crippen LogP contribution < -0.4 is 14.8 Å². The number of urea groups is 1. The third-order valence-electron chi connectivity index (χ3n) is 3.72. The largest absolute Gasteiger partial charge is 0.497 e. The lowest BCUT2D eigenvalue weighted by molar-refractivity contribution is 0.186. The number of rotatable bonds is 3. The molecule has 0 aromatic heterocycles. The molecule has 0 unspecified atom stereocenters. The van der Waals surface area contributed by atoms with Gasteiger partial charge in [0.2, 0.25) is 0 Å². The highest BCUT2D eigenvalue weighted by Crippen LogP contribution is 2.29. The van der Waals surface area contributed by atoms with Crippen molar-refractivity contribution >= 4 is 11.7 Å². The van der Waals surface area contributed by atoms with Crippen molar-refractivity contribution in [3.63, 3.8) is 0 Å². The number of nitrogens with one attached hydrogen (secondary N) is 1. The van der Waals surface area contributed by atoms with E-state index in [0.717, 1.165) is 25.9 Å². The molecule has 1 heterocycles. The molecule has 5 nitrogen and oxygen atoms in total. The molecule has 0 radical (unpaired) electrons. The van der Waals surface area contributed by atoms with Crippen LogP contribution in [0.2, 0.25) is 0 Å². The molecule has 1 aromatic carbocycles. The Bertz CT molecular complexity index is 468. The Balaban J connectivity index is 2.03. The summed E-state index contributed by atoms with van der Waals surface area (Å²) in [6.07, 6.45) is 2.13. The van der Waals surface area contributed by atoms with Gasteiger partial charge in [0, 0.05) is 19.2 Å². The van der Waals surface area contributed by atoms with Crippen LogP contribution in [0, 0.1) is 5.92 Å². The summed E-state index contributed by atoms with van der Waals surface area (Å²) >= 11 is 0. The van der Waals surface area contributed by atoms with Crippen LogP contribution in [-0.4, -0.2) is 38.2 Å². The van der Waals surface area contributed by atoms with Gasteiger partial charge in [0.25, 0.3) is 0 Å². The van der Waals surface area contributed by atoms with E-state index in [1.54, 1.807) is 32.4 Å². The summed E-state index contributed by atoms with van der Waals surface area (Å²) in [4.78, 5) is 14.1. The van der Waals surface area contributed by atoms with Gasteiger partial charge < -0.3 is 19.7 Å². The Morgan fingerprint density at radius 1 is 1.25 bits per heavy atom. The maximum atomic E-state index is 12.2. The second kappa shape index (κ2) is 6.50. The summed E-state index contributed by atoms with van der Waals surface area (Å²) in [6.45, 7) is 3.85. The molecule has 0 bridgehead atoms. The number of carbonyl (C=O) groups excluding carboxylic acids is 1. The van der Waals surface area contributed by atoms with Gasteiger partial charge in [-0.25, -0.2) is 4.79 Å². The number of benzene rings is 1. The van der Waals surface area contributed by atoms with E-state index in [1.165, 1.54) is 0 Å². The topological polar surface area (TPSA) is 50.8 Å². The second-order valence-corrected chi connectivity index (χ2v) is 5.17. The molecule has 5 heteroatoms. The van der Waals surface area contributed by atoms with Crippen molar-refractivity contribution in [2.24, 2.45) is 5.92 Å². The molecule has 1 saturated heterocycles. The summed E-state index contributed by atoms with van der Waals surface area (Å²) in [6, 6.07) is 5.28. The fourth-order valence-corrected chi connectivity index (χ4v) is 2.31. The van der Waals surface area contributed by atoms with Gasteiger partial charge in [-0.05, 0) is 30.9 Å². The van der Waals surface area contributed by atoms with Gasteiger partial charge in [-0.1, -0.05) is 6.92 Å². The predicted octanol–water partition coefficient (Wildman–Crippen LogP) is 2.97. The highest BCUT2D eigenvalue weighted by atomic mass is 16.5. The van der Waals surface area contributed by atoms with E-state index in [0.29, 0.717) is 23.1 Å². The van der Waals surface area contributed by atoms with E-state index in [4.69, 9.17) is 9.47 Å². The number of hydrogen-bond donors (Lipinski definition) is 1. The highest BCUT2D eigenvalue weighted by Gasteiger charge is 2.21. The molecule has 1 aliphatic rings. The first kappa shape index (κ1) is 14.5. The molecule has 2 rings (SSSR count). The Labute approximate surface area is 119 Å². The molecule has 0 saturated carbocycles. The van der Waals surface area contributed by atoms with Gasteiger partial charge >= 0.3 is 6.03 Å². The highest BCUT2D eigenvalue weighted by molar-refractivity contribution is 5.91. The minimum absolute atomic E-state index is 0.0691. The third kappa shape index (κ3) is 3.35. The molecule has 2 amide bonds. The molecular weight excluding hydrogens is 256 g/mol. The quantitative estimate of drug-likeness (QED) is 0.924. The molecule has 0 spiro atoms. The molecule has 110 valence electrons. The average Bonchev–Trinajstić information content (AvgIpc) is 2.48. The zero-order valence-electron chi connectivity index (χ0n) is 12.3. The number of likely N-dealkylation sites (tertiary alicyclic amines) is 1. The van der Waals surface area contributed by atoms with E-state index >= 15 is 0 Å². The first-order valence-electron chi connectivity index (χ1n) is 6.92. The van der Waals surface area contributed by atoms with Crippen molar-refractivity contribution in [2.75, 3.05) is 32.6 Å². The zero-order valence-corrected chi connectivity index (χ0v) is 12.3. The third-order valence-corrected chi connectivity index (χ3v) is 3.72. The van der Waals surface area contributed by atoms with E-state index in [2.05, 4.69) is 12.2 Å². The fourth-order valence-electron chi connectivity index (χ4n) is 2.31. The van der Waals surface area contributed by atoms with Gasteiger partial charge in [0.05, 0.1) is 19.9 Å². The Morgan fingerprint density at radius 3 is 2.55 bits per heavy atom. The van der Waals surface area contributed by atoms with Crippen LogP contribution in [0.3, 0.4) is 0 Å². The fraction of sp³-hybridized carbons (Fsp3) is 0.533.